The van der Waals surface area contributed by atoms with Crippen LogP contribution in [0.2, 0.25) is 0 Å². The highest BCUT2D eigenvalue weighted by molar-refractivity contribution is 5.92. The van der Waals surface area contributed by atoms with Gasteiger partial charge in [0, 0.05) is 18.4 Å². The topological polar surface area (TPSA) is 38.1 Å². The summed E-state index contributed by atoms with van der Waals surface area (Å²) in [7, 11) is 1.75. The zero-order valence-electron chi connectivity index (χ0n) is 11.1. The van der Waals surface area contributed by atoms with Crippen LogP contribution >= 0.6 is 0 Å². The SMILES string of the molecule is Cc1ccc(N(C)C(=O)n2nc(C)cc2C)cc1. The summed E-state index contributed by atoms with van der Waals surface area (Å²) < 4.78 is 1.43. The molecule has 0 aliphatic heterocycles. The van der Waals surface area contributed by atoms with E-state index in [0.717, 1.165) is 17.1 Å². The van der Waals surface area contributed by atoms with Gasteiger partial charge in [-0.25, -0.2) is 4.79 Å². The normalized spacial score (nSPS) is 10.4. The molecule has 0 atom stereocenters. The highest BCUT2D eigenvalue weighted by Gasteiger charge is 2.16. The molecular formula is C14H17N3O. The molecule has 4 heteroatoms. The molecule has 1 aromatic heterocycles. The largest absolute Gasteiger partial charge is 0.349 e. The van der Waals surface area contributed by atoms with E-state index in [1.165, 1.54) is 10.2 Å². The van der Waals surface area contributed by atoms with Gasteiger partial charge in [0.2, 0.25) is 0 Å². The van der Waals surface area contributed by atoms with Crippen molar-refractivity contribution in [1.29, 1.82) is 0 Å². The maximum Gasteiger partial charge on any atom is 0.349 e. The maximum atomic E-state index is 12.3. The molecule has 4 nitrogen and oxygen atoms in total. The van der Waals surface area contributed by atoms with Gasteiger partial charge in [-0.2, -0.15) is 9.78 Å². The van der Waals surface area contributed by atoms with Crippen LogP contribution in [0.15, 0.2) is 30.3 Å². The van der Waals surface area contributed by atoms with Crippen LogP contribution in [0.5, 0.6) is 0 Å². The predicted molar refractivity (Wildman–Crippen MR) is 72.1 cm³/mol. The second-order valence-electron chi connectivity index (χ2n) is 4.52. The number of aryl methyl sites for hydroxylation is 3. The number of nitrogens with zero attached hydrogens (tertiary/aromatic N) is 3. The minimum absolute atomic E-state index is 0.149. The van der Waals surface area contributed by atoms with Gasteiger partial charge in [-0.15, -0.1) is 0 Å². The molecule has 18 heavy (non-hydrogen) atoms. The van der Waals surface area contributed by atoms with Gasteiger partial charge in [0.15, 0.2) is 0 Å². The van der Waals surface area contributed by atoms with E-state index < -0.39 is 0 Å². The fraction of sp³-hybridized carbons (Fsp3) is 0.286. The fourth-order valence-electron chi connectivity index (χ4n) is 1.84. The molecular weight excluding hydrogens is 226 g/mol. The van der Waals surface area contributed by atoms with Crippen LogP contribution in [0.4, 0.5) is 10.5 Å². The molecule has 0 spiro atoms. The quantitative estimate of drug-likeness (QED) is 0.772. The molecule has 0 saturated carbocycles. The molecule has 0 aliphatic carbocycles. The number of benzene rings is 1. The molecule has 1 heterocycles. The van der Waals surface area contributed by atoms with E-state index in [9.17, 15) is 4.79 Å². The molecule has 0 fully saturated rings. The Balaban J connectivity index is 2.29. The third-order valence-corrected chi connectivity index (χ3v) is 2.90. The van der Waals surface area contributed by atoms with E-state index in [0.29, 0.717) is 0 Å². The van der Waals surface area contributed by atoms with Crippen LogP contribution in [0.1, 0.15) is 17.0 Å². The van der Waals surface area contributed by atoms with Crippen molar-refractivity contribution < 1.29 is 4.79 Å². The van der Waals surface area contributed by atoms with Gasteiger partial charge in [0.25, 0.3) is 0 Å². The summed E-state index contributed by atoms with van der Waals surface area (Å²) in [5.74, 6) is 0. The first-order valence-electron chi connectivity index (χ1n) is 5.87. The van der Waals surface area contributed by atoms with E-state index >= 15 is 0 Å². The molecule has 0 N–H and O–H groups in total. The van der Waals surface area contributed by atoms with Crippen molar-refractivity contribution in [2.24, 2.45) is 0 Å². The lowest BCUT2D eigenvalue weighted by atomic mass is 10.2. The number of rotatable bonds is 1. The zero-order chi connectivity index (χ0) is 13.3. The molecule has 2 aromatic rings. The van der Waals surface area contributed by atoms with Crippen molar-refractivity contribution >= 4 is 11.7 Å². The smallest absolute Gasteiger partial charge is 0.296 e. The molecule has 94 valence electrons. The summed E-state index contributed by atoms with van der Waals surface area (Å²) >= 11 is 0. The lowest BCUT2D eigenvalue weighted by molar-refractivity contribution is 0.245. The molecule has 0 saturated heterocycles. The first kappa shape index (κ1) is 12.4. The van der Waals surface area contributed by atoms with Gasteiger partial charge in [-0.05, 0) is 39.0 Å². The first-order chi connectivity index (χ1) is 8.49. The van der Waals surface area contributed by atoms with E-state index in [4.69, 9.17) is 0 Å². The Morgan fingerprint density at radius 2 is 1.78 bits per heavy atom. The Labute approximate surface area is 107 Å². The van der Waals surface area contributed by atoms with Gasteiger partial charge >= 0.3 is 6.03 Å². The molecule has 1 aromatic carbocycles. The van der Waals surface area contributed by atoms with Crippen LogP contribution in [0, 0.1) is 20.8 Å². The molecule has 0 radical (unpaired) electrons. The maximum absolute atomic E-state index is 12.3. The summed E-state index contributed by atoms with van der Waals surface area (Å²) in [5, 5.41) is 4.20. The van der Waals surface area contributed by atoms with Crippen LogP contribution in [-0.4, -0.2) is 22.9 Å². The number of aromatic nitrogens is 2. The van der Waals surface area contributed by atoms with Crippen LogP contribution in [-0.2, 0) is 0 Å². The Bertz CT molecular complexity index is 569. The van der Waals surface area contributed by atoms with Gasteiger partial charge in [-0.1, -0.05) is 17.7 Å². The van der Waals surface area contributed by atoms with Gasteiger partial charge < -0.3 is 0 Å². The van der Waals surface area contributed by atoms with Crippen molar-refractivity contribution in [2.75, 3.05) is 11.9 Å². The lowest BCUT2D eigenvalue weighted by Gasteiger charge is -2.17. The van der Waals surface area contributed by atoms with Crippen molar-refractivity contribution in [1.82, 2.24) is 9.78 Å². The third kappa shape index (κ3) is 2.27. The summed E-state index contributed by atoms with van der Waals surface area (Å²) in [6.45, 7) is 5.77. The summed E-state index contributed by atoms with van der Waals surface area (Å²) in [6, 6.07) is 9.57. The number of hydrogen-bond donors (Lipinski definition) is 0. The van der Waals surface area contributed by atoms with Crippen LogP contribution in [0.25, 0.3) is 0 Å². The number of carbonyl (C=O) groups excluding carboxylic acids is 1. The number of amides is 1. The van der Waals surface area contributed by atoms with Gasteiger partial charge in [-0.3, -0.25) is 4.90 Å². The summed E-state index contributed by atoms with van der Waals surface area (Å²) in [6.07, 6.45) is 0. The Morgan fingerprint density at radius 3 is 2.28 bits per heavy atom. The second kappa shape index (κ2) is 4.64. The summed E-state index contributed by atoms with van der Waals surface area (Å²) in [5.41, 5.74) is 3.72. The van der Waals surface area contributed by atoms with Crippen LogP contribution < -0.4 is 4.90 Å². The van der Waals surface area contributed by atoms with Crippen molar-refractivity contribution in [3.63, 3.8) is 0 Å². The monoisotopic (exact) mass is 243 g/mol. The zero-order valence-corrected chi connectivity index (χ0v) is 11.1. The van der Waals surface area contributed by atoms with Gasteiger partial charge in [0.05, 0.1) is 5.69 Å². The minimum atomic E-state index is -0.149. The van der Waals surface area contributed by atoms with E-state index in [1.54, 1.807) is 11.9 Å². The second-order valence-corrected chi connectivity index (χ2v) is 4.52. The fourth-order valence-corrected chi connectivity index (χ4v) is 1.84. The summed E-state index contributed by atoms with van der Waals surface area (Å²) in [4.78, 5) is 13.9. The molecule has 0 bridgehead atoms. The van der Waals surface area contributed by atoms with Crippen molar-refractivity contribution in [3.8, 4) is 0 Å². The number of hydrogen-bond acceptors (Lipinski definition) is 2. The van der Waals surface area contributed by atoms with Crippen molar-refractivity contribution in [2.45, 2.75) is 20.8 Å². The Morgan fingerprint density at radius 1 is 1.17 bits per heavy atom. The van der Waals surface area contributed by atoms with E-state index in [-0.39, 0.29) is 6.03 Å². The average molecular weight is 243 g/mol. The third-order valence-electron chi connectivity index (χ3n) is 2.90. The number of carbonyl (C=O) groups is 1. The Kier molecular flexibility index (Phi) is 3.19. The standard InChI is InChI=1S/C14H17N3O/c1-10-5-7-13(8-6-10)16(4)14(18)17-12(3)9-11(2)15-17/h5-9H,1-4H3. The van der Waals surface area contributed by atoms with E-state index in [2.05, 4.69) is 5.10 Å². The predicted octanol–water partition coefficient (Wildman–Crippen LogP) is 2.91. The molecule has 0 unspecified atom stereocenters. The van der Waals surface area contributed by atoms with Crippen LogP contribution in [0.3, 0.4) is 0 Å². The highest BCUT2D eigenvalue weighted by Crippen LogP contribution is 2.15. The first-order valence-corrected chi connectivity index (χ1v) is 5.87. The minimum Gasteiger partial charge on any atom is -0.296 e. The van der Waals surface area contributed by atoms with E-state index in [1.807, 2.05) is 51.1 Å². The molecule has 0 aliphatic rings. The molecule has 2 rings (SSSR count). The van der Waals surface area contributed by atoms with Gasteiger partial charge in [0.1, 0.15) is 0 Å². The molecule has 1 amide bonds. The number of anilines is 1. The van der Waals surface area contributed by atoms with Crippen molar-refractivity contribution in [3.05, 3.63) is 47.3 Å². The average Bonchev–Trinajstić information content (AvgIpc) is 2.67. The highest BCUT2D eigenvalue weighted by atomic mass is 16.2. The Hall–Kier alpha value is -2.10. The lowest BCUT2D eigenvalue weighted by Crippen LogP contribution is -2.32.